The first-order valence-electron chi connectivity index (χ1n) is 8.75. The molecule has 0 spiro atoms. The van der Waals surface area contributed by atoms with E-state index in [1.54, 1.807) is 17.1 Å². The lowest BCUT2D eigenvalue weighted by Crippen LogP contribution is -2.31. The highest BCUT2D eigenvalue weighted by atomic mass is 16.6. The molecule has 2 aromatic heterocycles. The number of benzene rings is 1. The average Bonchev–Trinajstić information content (AvgIpc) is 3.41. The Balaban J connectivity index is 1.67. The second-order valence-corrected chi connectivity index (χ2v) is 6.68. The van der Waals surface area contributed by atoms with Crippen LogP contribution >= 0.6 is 0 Å². The fourth-order valence-electron chi connectivity index (χ4n) is 3.29. The molecule has 8 heteroatoms. The maximum absolute atomic E-state index is 12.1. The van der Waals surface area contributed by atoms with E-state index in [4.69, 9.17) is 15.2 Å². The van der Waals surface area contributed by atoms with Gasteiger partial charge >= 0.3 is 0 Å². The van der Waals surface area contributed by atoms with Crippen molar-refractivity contribution in [1.29, 1.82) is 0 Å². The van der Waals surface area contributed by atoms with E-state index in [0.29, 0.717) is 49.2 Å². The van der Waals surface area contributed by atoms with Gasteiger partial charge in [-0.05, 0) is 37.1 Å². The van der Waals surface area contributed by atoms with Gasteiger partial charge in [0, 0.05) is 24.0 Å². The molecule has 5 rings (SSSR count). The second kappa shape index (κ2) is 5.80. The van der Waals surface area contributed by atoms with Gasteiger partial charge in [-0.15, -0.1) is 5.10 Å². The van der Waals surface area contributed by atoms with Crippen molar-refractivity contribution in [3.8, 4) is 28.6 Å². The molecular weight excluding hydrogens is 346 g/mol. The second-order valence-electron chi connectivity index (χ2n) is 6.68. The van der Waals surface area contributed by atoms with Crippen molar-refractivity contribution in [2.24, 2.45) is 5.73 Å². The minimum absolute atomic E-state index is 0.380. The van der Waals surface area contributed by atoms with Gasteiger partial charge in [-0.2, -0.15) is 0 Å². The third kappa shape index (κ3) is 2.52. The van der Waals surface area contributed by atoms with Gasteiger partial charge in [0.15, 0.2) is 17.3 Å². The molecule has 0 atom stereocenters. The largest absolute Gasteiger partial charge is 0.486 e. The Labute approximate surface area is 154 Å². The maximum Gasteiger partial charge on any atom is 0.231 e. The molecule has 1 aliphatic heterocycles. The fourth-order valence-corrected chi connectivity index (χ4v) is 3.29. The molecule has 0 radical (unpaired) electrons. The quantitative estimate of drug-likeness (QED) is 0.755. The summed E-state index contributed by atoms with van der Waals surface area (Å²) in [5.74, 6) is 2.04. The lowest BCUT2D eigenvalue weighted by molar-refractivity contribution is -0.120. The van der Waals surface area contributed by atoms with Gasteiger partial charge in [0.05, 0.1) is 5.69 Å². The molecule has 0 bridgehead atoms. The third-order valence-corrected chi connectivity index (χ3v) is 4.97. The Morgan fingerprint density at radius 2 is 1.81 bits per heavy atom. The Morgan fingerprint density at radius 3 is 2.52 bits per heavy atom. The van der Waals surface area contributed by atoms with E-state index in [0.717, 1.165) is 11.3 Å². The lowest BCUT2D eigenvalue weighted by Gasteiger charge is -2.19. The Bertz CT molecular complexity index is 1030. The molecule has 1 aromatic carbocycles. The Morgan fingerprint density at radius 1 is 1.07 bits per heavy atom. The van der Waals surface area contributed by atoms with E-state index in [2.05, 4.69) is 15.1 Å². The first kappa shape index (κ1) is 15.8. The number of pyridine rings is 1. The van der Waals surface area contributed by atoms with Crippen LogP contribution < -0.4 is 15.2 Å². The summed E-state index contributed by atoms with van der Waals surface area (Å²) in [6, 6.07) is 9.22. The number of hydrogen-bond donors (Lipinski definition) is 1. The number of carbonyl (C=O) groups excluding carboxylic acids is 1. The van der Waals surface area contributed by atoms with Gasteiger partial charge < -0.3 is 15.2 Å². The van der Waals surface area contributed by atoms with Crippen molar-refractivity contribution in [1.82, 2.24) is 19.7 Å². The molecule has 136 valence electrons. The molecule has 2 N–H and O–H groups in total. The summed E-state index contributed by atoms with van der Waals surface area (Å²) in [4.78, 5) is 20.8. The molecule has 0 saturated heterocycles. The number of fused-ring (bicyclic) bond motifs is 1. The Hall–Kier alpha value is -3.42. The summed E-state index contributed by atoms with van der Waals surface area (Å²) in [6.45, 7) is 1.02. The monoisotopic (exact) mass is 363 g/mol. The van der Waals surface area contributed by atoms with Crippen molar-refractivity contribution in [3.05, 3.63) is 48.5 Å². The fraction of sp³-hybridized carbons (Fsp3) is 0.263. The van der Waals surface area contributed by atoms with Gasteiger partial charge in [0.2, 0.25) is 5.91 Å². The third-order valence-electron chi connectivity index (χ3n) is 4.97. The molecule has 1 fully saturated rings. The molecular formula is C19H17N5O3. The first-order chi connectivity index (χ1) is 13.2. The van der Waals surface area contributed by atoms with Crippen molar-refractivity contribution in [3.63, 3.8) is 0 Å². The minimum Gasteiger partial charge on any atom is -0.486 e. The molecule has 8 nitrogen and oxygen atoms in total. The number of rotatable bonds is 4. The molecule has 27 heavy (non-hydrogen) atoms. The number of aromatic nitrogens is 4. The van der Waals surface area contributed by atoms with Crippen LogP contribution in [0.4, 0.5) is 0 Å². The van der Waals surface area contributed by atoms with E-state index in [9.17, 15) is 4.79 Å². The highest BCUT2D eigenvalue weighted by Crippen LogP contribution is 2.48. The van der Waals surface area contributed by atoms with Crippen LogP contribution in [-0.2, 0) is 10.2 Å². The highest BCUT2D eigenvalue weighted by molar-refractivity contribution is 5.89. The smallest absolute Gasteiger partial charge is 0.231 e. The van der Waals surface area contributed by atoms with E-state index in [1.807, 2.05) is 30.3 Å². The zero-order chi connectivity index (χ0) is 18.4. The van der Waals surface area contributed by atoms with Crippen molar-refractivity contribution in [2.75, 3.05) is 13.2 Å². The lowest BCUT2D eigenvalue weighted by atomic mass is 10.1. The van der Waals surface area contributed by atoms with Crippen molar-refractivity contribution >= 4 is 5.91 Å². The van der Waals surface area contributed by atoms with Gasteiger partial charge in [-0.25, -0.2) is 9.67 Å². The normalized spacial score (nSPS) is 16.7. The van der Waals surface area contributed by atoms with Crippen LogP contribution in [0.5, 0.6) is 11.5 Å². The van der Waals surface area contributed by atoms with Gasteiger partial charge in [0.25, 0.3) is 0 Å². The number of ether oxygens (including phenoxy) is 2. The van der Waals surface area contributed by atoms with Crippen molar-refractivity contribution in [2.45, 2.75) is 18.3 Å². The molecule has 2 aliphatic rings. The molecule has 1 aliphatic carbocycles. The zero-order valence-corrected chi connectivity index (χ0v) is 14.5. The predicted octanol–water partition coefficient (Wildman–Crippen LogP) is 1.62. The zero-order valence-electron chi connectivity index (χ0n) is 14.5. The topological polar surface area (TPSA) is 105 Å². The van der Waals surface area contributed by atoms with E-state index in [-0.39, 0.29) is 5.91 Å². The van der Waals surface area contributed by atoms with Crippen LogP contribution in [0.15, 0.2) is 42.7 Å². The summed E-state index contributed by atoms with van der Waals surface area (Å²) in [5.41, 5.74) is 6.49. The number of carbonyl (C=O) groups is 1. The summed E-state index contributed by atoms with van der Waals surface area (Å²) in [7, 11) is 0. The summed E-state index contributed by atoms with van der Waals surface area (Å²) in [5, 5.41) is 4.66. The van der Waals surface area contributed by atoms with Crippen LogP contribution in [0.3, 0.4) is 0 Å². The van der Waals surface area contributed by atoms with Gasteiger partial charge in [-0.1, -0.05) is 0 Å². The van der Waals surface area contributed by atoms with Crippen molar-refractivity contribution < 1.29 is 14.3 Å². The number of nitrogens with two attached hydrogens (primary N) is 1. The number of hydrogen-bond acceptors (Lipinski definition) is 6. The average molecular weight is 363 g/mol. The summed E-state index contributed by atoms with van der Waals surface area (Å²) in [6.07, 6.45) is 4.70. The number of primary amides is 1. The summed E-state index contributed by atoms with van der Waals surface area (Å²) < 4.78 is 13.0. The molecule has 1 saturated carbocycles. The molecule has 0 unspecified atom stereocenters. The van der Waals surface area contributed by atoms with E-state index in [1.165, 1.54) is 0 Å². The van der Waals surface area contributed by atoms with Crippen LogP contribution in [0.2, 0.25) is 0 Å². The minimum atomic E-state index is -0.772. The van der Waals surface area contributed by atoms with Gasteiger partial charge in [0.1, 0.15) is 24.5 Å². The molecule has 3 aromatic rings. The van der Waals surface area contributed by atoms with Crippen LogP contribution in [0.1, 0.15) is 18.7 Å². The standard InChI is InChI=1S/C19H17N5O3/c20-17(25)19(5-6-19)18-22-16(12-3-7-21-8-4-12)23-24(18)13-1-2-14-15(11-13)27-10-9-26-14/h1-4,7-8,11H,5-6,9-10H2,(H2,20,25). The maximum atomic E-state index is 12.1. The highest BCUT2D eigenvalue weighted by Gasteiger charge is 2.54. The first-order valence-corrected chi connectivity index (χ1v) is 8.75. The number of nitrogens with zero attached hydrogens (tertiary/aromatic N) is 4. The summed E-state index contributed by atoms with van der Waals surface area (Å²) >= 11 is 0. The van der Waals surface area contributed by atoms with E-state index >= 15 is 0 Å². The van der Waals surface area contributed by atoms with Crippen LogP contribution in [0.25, 0.3) is 17.1 Å². The molecule has 3 heterocycles. The molecule has 1 amide bonds. The number of amides is 1. The Kier molecular flexibility index (Phi) is 3.40. The SMILES string of the molecule is NC(=O)C1(c2nc(-c3ccncc3)nn2-c2ccc3c(c2)OCCO3)CC1. The van der Waals surface area contributed by atoms with Gasteiger partial charge in [-0.3, -0.25) is 9.78 Å². The predicted molar refractivity (Wildman–Crippen MR) is 95.7 cm³/mol. The van der Waals surface area contributed by atoms with Crippen LogP contribution in [-0.4, -0.2) is 38.9 Å². The van der Waals surface area contributed by atoms with E-state index < -0.39 is 5.41 Å². The van der Waals surface area contributed by atoms with Crippen LogP contribution in [0, 0.1) is 0 Å².